The number of aryl methyl sites for hydroxylation is 1. The maximum atomic E-state index is 14.5. The van der Waals surface area contributed by atoms with Gasteiger partial charge in [0.05, 0.1) is 21.8 Å². The van der Waals surface area contributed by atoms with Crippen LogP contribution in [0.2, 0.25) is 0 Å². The normalized spacial score (nSPS) is 17.6. The van der Waals surface area contributed by atoms with Crippen molar-refractivity contribution in [1.29, 1.82) is 0 Å². The summed E-state index contributed by atoms with van der Waals surface area (Å²) in [5, 5.41) is 5.88. The van der Waals surface area contributed by atoms with Crippen LogP contribution < -0.4 is 15.5 Å². The highest BCUT2D eigenvalue weighted by Gasteiger charge is 2.45. The molecule has 0 unspecified atom stereocenters. The molecule has 282 valence electrons. The summed E-state index contributed by atoms with van der Waals surface area (Å²) in [4.78, 5) is 47.0. The fourth-order valence-electron chi connectivity index (χ4n) is 8.25. The maximum absolute atomic E-state index is 14.5. The molecule has 55 heavy (non-hydrogen) atoms. The van der Waals surface area contributed by atoms with Crippen LogP contribution in [0.3, 0.4) is 0 Å². The molecule has 0 atom stereocenters. The molecule has 1 spiro atoms. The Hall–Kier alpha value is -5.32. The topological polar surface area (TPSA) is 91.0 Å². The number of para-hydroxylation sites is 2. The molecule has 8 rings (SSSR count). The smallest absolute Gasteiger partial charge is 0.265 e. The van der Waals surface area contributed by atoms with Gasteiger partial charge in [-0.3, -0.25) is 14.4 Å². The molecule has 0 bridgehead atoms. The van der Waals surface area contributed by atoms with Crippen LogP contribution >= 0.6 is 11.3 Å². The van der Waals surface area contributed by atoms with Crippen LogP contribution in [-0.4, -0.2) is 55.5 Å². The Morgan fingerprint density at radius 1 is 0.909 bits per heavy atom. The van der Waals surface area contributed by atoms with E-state index in [0.717, 1.165) is 84.9 Å². The number of nitrogens with zero attached hydrogens (tertiary/aromatic N) is 2. The Kier molecular flexibility index (Phi) is 10.0. The van der Waals surface area contributed by atoms with E-state index in [9.17, 15) is 18.8 Å². The minimum Gasteiger partial charge on any atom is -0.381 e. The van der Waals surface area contributed by atoms with Crippen molar-refractivity contribution >= 4 is 46.1 Å². The highest BCUT2D eigenvalue weighted by Crippen LogP contribution is 2.45. The zero-order chi connectivity index (χ0) is 38.3. The predicted molar refractivity (Wildman–Crippen MR) is 217 cm³/mol. The first-order valence-corrected chi connectivity index (χ1v) is 19.9. The average molecular weight is 757 g/mol. The van der Waals surface area contributed by atoms with Gasteiger partial charge in [0.1, 0.15) is 5.82 Å². The first-order valence-electron chi connectivity index (χ1n) is 19.1. The molecule has 3 aromatic carbocycles. The number of carbonyl (C=O) groups is 3. The van der Waals surface area contributed by atoms with E-state index < -0.39 is 5.82 Å². The summed E-state index contributed by atoms with van der Waals surface area (Å²) >= 11 is 1.34. The second kappa shape index (κ2) is 15.1. The van der Waals surface area contributed by atoms with E-state index in [2.05, 4.69) is 28.5 Å². The van der Waals surface area contributed by atoms with Crippen molar-refractivity contribution in [2.24, 2.45) is 5.41 Å². The van der Waals surface area contributed by atoms with Crippen molar-refractivity contribution in [2.45, 2.75) is 52.9 Å². The quantitative estimate of drug-likeness (QED) is 0.196. The number of fused-ring (bicyclic) bond motifs is 3. The molecule has 2 N–H and O–H groups in total. The van der Waals surface area contributed by atoms with Crippen LogP contribution in [0.5, 0.6) is 0 Å². The van der Waals surface area contributed by atoms with Gasteiger partial charge in [-0.2, -0.15) is 0 Å². The molecule has 0 radical (unpaired) electrons. The Labute approximate surface area is 325 Å². The van der Waals surface area contributed by atoms with Crippen molar-refractivity contribution in [3.63, 3.8) is 0 Å². The van der Waals surface area contributed by atoms with Gasteiger partial charge in [0.2, 0.25) is 0 Å². The van der Waals surface area contributed by atoms with E-state index in [0.29, 0.717) is 40.2 Å². The lowest BCUT2D eigenvalue weighted by Crippen LogP contribution is -2.58. The Morgan fingerprint density at radius 3 is 2.42 bits per heavy atom. The van der Waals surface area contributed by atoms with Crippen LogP contribution in [-0.2, 0) is 16.0 Å². The van der Waals surface area contributed by atoms with Gasteiger partial charge in [-0.1, -0.05) is 54.5 Å². The number of anilines is 3. The van der Waals surface area contributed by atoms with E-state index in [1.54, 1.807) is 48.2 Å². The molecule has 4 aromatic rings. The number of allylic oxidation sites excluding steroid dienone is 3. The first kappa shape index (κ1) is 36.6. The van der Waals surface area contributed by atoms with Crippen molar-refractivity contribution in [3.8, 4) is 10.4 Å². The SMILES string of the molecule is CCC1=CC(C)=CC(C(=O)Nc2ccc(C(=O)N3CCc4cc(C(=O)Nc5c(C)cccc5F)sc4-c4ccccc43)cc2)=C(N2CC3(CCOCC3)C2)C1. The number of rotatable bonds is 7. The number of carbonyl (C=O) groups excluding carboxylic acids is 3. The molecule has 2 fully saturated rings. The second-order valence-corrected chi connectivity index (χ2v) is 16.2. The monoisotopic (exact) mass is 756 g/mol. The number of halogens is 1. The summed E-state index contributed by atoms with van der Waals surface area (Å²) in [5.74, 6) is -1.16. The average Bonchev–Trinajstić information content (AvgIpc) is 3.45. The van der Waals surface area contributed by atoms with Gasteiger partial charge in [-0.25, -0.2) is 4.39 Å². The summed E-state index contributed by atoms with van der Waals surface area (Å²) in [5.41, 5.74) is 8.93. The van der Waals surface area contributed by atoms with Crippen molar-refractivity contribution in [3.05, 3.63) is 135 Å². The zero-order valence-corrected chi connectivity index (χ0v) is 32.3. The van der Waals surface area contributed by atoms with Crippen molar-refractivity contribution in [1.82, 2.24) is 4.90 Å². The standard InChI is InChI=1S/C45H45FN4O4S/c1-4-30-22-28(2)23-35(38(24-30)49-26-45(27-49)17-20-54-21-18-45)42(51)47-33-14-12-31(13-15-33)44(53)50-19-16-32-25-39(55-41(32)34-9-5-6-11-37(34)50)43(52)48-40-29(3)8-7-10-36(40)46/h5-15,22-23,25H,4,16-21,24,26-27H2,1-3H3,(H,47,51)(H,48,52). The maximum Gasteiger partial charge on any atom is 0.265 e. The Morgan fingerprint density at radius 2 is 1.67 bits per heavy atom. The minimum absolute atomic E-state index is 0.154. The third-order valence-corrected chi connectivity index (χ3v) is 12.6. The number of thiophene rings is 1. The molecular weight excluding hydrogens is 712 g/mol. The number of likely N-dealkylation sites (tertiary alicyclic amines) is 1. The number of hydrogen-bond donors (Lipinski definition) is 2. The van der Waals surface area contributed by atoms with Crippen LogP contribution in [0.1, 0.15) is 70.7 Å². The predicted octanol–water partition coefficient (Wildman–Crippen LogP) is 9.31. The second-order valence-electron chi connectivity index (χ2n) is 15.2. The Balaban J connectivity index is 0.993. The van der Waals surface area contributed by atoms with Gasteiger partial charge in [-0.05, 0) is 99.2 Å². The van der Waals surface area contributed by atoms with E-state index >= 15 is 0 Å². The van der Waals surface area contributed by atoms with Crippen molar-refractivity contribution in [2.75, 3.05) is 48.4 Å². The van der Waals surface area contributed by atoms with Gasteiger partial charge in [-0.15, -0.1) is 11.3 Å². The van der Waals surface area contributed by atoms with E-state index in [-0.39, 0.29) is 28.8 Å². The van der Waals surface area contributed by atoms with Crippen LogP contribution in [0, 0.1) is 18.2 Å². The van der Waals surface area contributed by atoms with Gasteiger partial charge in [0.25, 0.3) is 17.7 Å². The summed E-state index contributed by atoms with van der Waals surface area (Å²) in [7, 11) is 0. The summed E-state index contributed by atoms with van der Waals surface area (Å²) < 4.78 is 20.1. The van der Waals surface area contributed by atoms with Crippen molar-refractivity contribution < 1.29 is 23.5 Å². The van der Waals surface area contributed by atoms with Gasteiger partial charge in [0, 0.05) is 72.1 Å². The van der Waals surface area contributed by atoms with Crippen LogP contribution in [0.25, 0.3) is 10.4 Å². The number of nitrogens with one attached hydrogen (secondary N) is 2. The van der Waals surface area contributed by atoms with E-state index in [1.807, 2.05) is 43.3 Å². The highest BCUT2D eigenvalue weighted by atomic mass is 32.1. The molecule has 10 heteroatoms. The van der Waals surface area contributed by atoms with Gasteiger partial charge >= 0.3 is 0 Å². The molecule has 3 amide bonds. The summed E-state index contributed by atoms with van der Waals surface area (Å²) in [6.45, 7) is 9.88. The van der Waals surface area contributed by atoms with E-state index in [4.69, 9.17) is 4.74 Å². The molecule has 4 heterocycles. The number of amides is 3. The summed E-state index contributed by atoms with van der Waals surface area (Å²) in [6.07, 6.45) is 8.55. The lowest BCUT2D eigenvalue weighted by atomic mass is 9.72. The molecule has 1 aromatic heterocycles. The molecular formula is C45H45FN4O4S. The minimum atomic E-state index is -0.478. The molecule has 0 saturated carbocycles. The number of benzene rings is 3. The zero-order valence-electron chi connectivity index (χ0n) is 31.5. The fraction of sp³-hybridized carbons (Fsp3) is 0.311. The fourth-order valence-corrected chi connectivity index (χ4v) is 9.39. The molecule has 1 aliphatic carbocycles. The summed E-state index contributed by atoms with van der Waals surface area (Å²) in [6, 6.07) is 21.4. The first-order chi connectivity index (χ1) is 26.6. The molecule has 3 aliphatic heterocycles. The lowest BCUT2D eigenvalue weighted by molar-refractivity contribution is -0.113. The highest BCUT2D eigenvalue weighted by molar-refractivity contribution is 7.17. The molecule has 4 aliphatic rings. The number of hydrogen-bond acceptors (Lipinski definition) is 6. The van der Waals surface area contributed by atoms with Crippen LogP contribution in [0.15, 0.2) is 107 Å². The van der Waals surface area contributed by atoms with Gasteiger partial charge < -0.3 is 25.2 Å². The third kappa shape index (κ3) is 7.28. The van der Waals surface area contributed by atoms with Gasteiger partial charge in [0.15, 0.2) is 0 Å². The Bertz CT molecular complexity index is 2250. The van der Waals surface area contributed by atoms with E-state index in [1.165, 1.54) is 23.0 Å². The largest absolute Gasteiger partial charge is 0.381 e. The lowest BCUT2D eigenvalue weighted by Gasteiger charge is -2.54. The number of ether oxygens (including phenoxy) is 1. The molecule has 8 nitrogen and oxygen atoms in total. The molecule has 2 saturated heterocycles. The third-order valence-electron chi connectivity index (χ3n) is 11.4. The van der Waals surface area contributed by atoms with Crippen LogP contribution in [0.4, 0.5) is 21.5 Å².